The maximum atomic E-state index is 5.70. The third-order valence-corrected chi connectivity index (χ3v) is 3.29. The van der Waals surface area contributed by atoms with E-state index in [-0.39, 0.29) is 0 Å². The van der Waals surface area contributed by atoms with E-state index in [1.165, 1.54) is 25.7 Å². The van der Waals surface area contributed by atoms with E-state index in [0.717, 1.165) is 24.0 Å². The monoisotopic (exact) mass is 193 g/mol. The quantitative estimate of drug-likeness (QED) is 0.718. The summed E-state index contributed by atoms with van der Waals surface area (Å²) >= 11 is 0. The van der Waals surface area contributed by atoms with Crippen LogP contribution in [0.15, 0.2) is 10.6 Å². The van der Waals surface area contributed by atoms with Crippen molar-refractivity contribution in [3.63, 3.8) is 0 Å². The average molecular weight is 193 g/mol. The molecule has 0 aliphatic heterocycles. The van der Waals surface area contributed by atoms with E-state index in [4.69, 9.17) is 4.42 Å². The predicted molar refractivity (Wildman–Crippen MR) is 56.3 cm³/mol. The molecule has 0 aromatic carbocycles. The molecule has 0 unspecified atom stereocenters. The molecule has 1 saturated carbocycles. The van der Waals surface area contributed by atoms with Crippen LogP contribution in [0.4, 0.5) is 0 Å². The number of hydrogen-bond donors (Lipinski definition) is 0. The van der Waals surface area contributed by atoms with Crippen LogP contribution in [0, 0.1) is 5.92 Å². The van der Waals surface area contributed by atoms with Gasteiger partial charge in [-0.2, -0.15) is 0 Å². The Kier molecular flexibility index (Phi) is 2.90. The Balaban J connectivity index is 2.01. The number of nitrogens with zero attached hydrogens (tertiary/aromatic N) is 1. The van der Waals surface area contributed by atoms with E-state index in [1.54, 1.807) is 0 Å². The molecule has 2 rings (SSSR count). The standard InChI is InChI=1S/C12H19NO/c1-3-12-13-8-11(14-12)10-6-4-9(2)5-7-10/h8-10H,3-7H2,1-2H3. The van der Waals surface area contributed by atoms with Gasteiger partial charge in [-0.25, -0.2) is 4.98 Å². The molecule has 2 heteroatoms. The highest BCUT2D eigenvalue weighted by Gasteiger charge is 2.22. The van der Waals surface area contributed by atoms with Crippen LogP contribution in [-0.2, 0) is 6.42 Å². The third-order valence-electron chi connectivity index (χ3n) is 3.29. The summed E-state index contributed by atoms with van der Waals surface area (Å²) in [5.74, 6) is 3.55. The van der Waals surface area contributed by atoms with Crippen molar-refractivity contribution in [3.05, 3.63) is 17.8 Å². The minimum Gasteiger partial charge on any atom is -0.445 e. The van der Waals surface area contributed by atoms with Gasteiger partial charge >= 0.3 is 0 Å². The molecule has 1 fully saturated rings. The minimum atomic E-state index is 0.638. The molecular weight excluding hydrogens is 174 g/mol. The second kappa shape index (κ2) is 4.16. The van der Waals surface area contributed by atoms with Crippen LogP contribution >= 0.6 is 0 Å². The highest BCUT2D eigenvalue weighted by Crippen LogP contribution is 2.35. The van der Waals surface area contributed by atoms with Gasteiger partial charge < -0.3 is 4.42 Å². The fourth-order valence-electron chi connectivity index (χ4n) is 2.22. The second-order valence-electron chi connectivity index (χ2n) is 4.47. The molecule has 14 heavy (non-hydrogen) atoms. The van der Waals surface area contributed by atoms with E-state index < -0.39 is 0 Å². The Labute approximate surface area is 85.7 Å². The number of oxazole rings is 1. The highest BCUT2D eigenvalue weighted by atomic mass is 16.4. The Morgan fingerprint density at radius 3 is 2.64 bits per heavy atom. The van der Waals surface area contributed by atoms with E-state index in [0.29, 0.717) is 5.92 Å². The van der Waals surface area contributed by atoms with Gasteiger partial charge in [0, 0.05) is 12.3 Å². The van der Waals surface area contributed by atoms with Gasteiger partial charge in [0.15, 0.2) is 5.89 Å². The van der Waals surface area contributed by atoms with Gasteiger partial charge in [-0.05, 0) is 18.8 Å². The van der Waals surface area contributed by atoms with Crippen molar-refractivity contribution in [1.29, 1.82) is 0 Å². The first kappa shape index (κ1) is 9.75. The summed E-state index contributed by atoms with van der Waals surface area (Å²) in [5, 5.41) is 0. The summed E-state index contributed by atoms with van der Waals surface area (Å²) in [7, 11) is 0. The molecule has 0 radical (unpaired) electrons. The summed E-state index contributed by atoms with van der Waals surface area (Å²) in [4.78, 5) is 4.26. The molecule has 0 N–H and O–H groups in total. The summed E-state index contributed by atoms with van der Waals surface area (Å²) < 4.78 is 5.70. The molecule has 1 aliphatic rings. The second-order valence-corrected chi connectivity index (χ2v) is 4.47. The van der Waals surface area contributed by atoms with E-state index in [1.807, 2.05) is 6.20 Å². The maximum Gasteiger partial charge on any atom is 0.194 e. The van der Waals surface area contributed by atoms with Gasteiger partial charge in [0.05, 0.1) is 6.20 Å². The first-order valence-electron chi connectivity index (χ1n) is 5.74. The molecule has 0 bridgehead atoms. The highest BCUT2D eigenvalue weighted by molar-refractivity contribution is 5.03. The third kappa shape index (κ3) is 1.99. The maximum absolute atomic E-state index is 5.70. The molecule has 0 amide bonds. The predicted octanol–water partition coefficient (Wildman–Crippen LogP) is 3.53. The van der Waals surface area contributed by atoms with E-state index in [2.05, 4.69) is 18.8 Å². The van der Waals surface area contributed by atoms with Crippen molar-refractivity contribution in [1.82, 2.24) is 4.98 Å². The van der Waals surface area contributed by atoms with Crippen LogP contribution < -0.4 is 0 Å². The lowest BCUT2D eigenvalue weighted by atomic mass is 9.82. The lowest BCUT2D eigenvalue weighted by molar-refractivity contribution is 0.309. The van der Waals surface area contributed by atoms with Gasteiger partial charge in [-0.15, -0.1) is 0 Å². The van der Waals surface area contributed by atoms with Gasteiger partial charge in [-0.3, -0.25) is 0 Å². The average Bonchev–Trinajstić information content (AvgIpc) is 2.67. The first-order chi connectivity index (χ1) is 6.79. The van der Waals surface area contributed by atoms with Crippen LogP contribution in [0.3, 0.4) is 0 Å². The van der Waals surface area contributed by atoms with E-state index in [9.17, 15) is 0 Å². The summed E-state index contributed by atoms with van der Waals surface area (Å²) in [6, 6.07) is 0. The van der Waals surface area contributed by atoms with Crippen molar-refractivity contribution >= 4 is 0 Å². The molecule has 0 spiro atoms. The van der Waals surface area contributed by atoms with E-state index >= 15 is 0 Å². The largest absolute Gasteiger partial charge is 0.445 e. The van der Waals surface area contributed by atoms with Gasteiger partial charge in [-0.1, -0.05) is 26.7 Å². The van der Waals surface area contributed by atoms with Crippen LogP contribution in [0.5, 0.6) is 0 Å². The Hall–Kier alpha value is -0.790. The number of aryl methyl sites for hydroxylation is 1. The molecule has 1 aromatic rings. The van der Waals surface area contributed by atoms with Crippen molar-refractivity contribution in [2.45, 2.75) is 51.9 Å². The van der Waals surface area contributed by atoms with Crippen LogP contribution in [0.25, 0.3) is 0 Å². The Morgan fingerprint density at radius 2 is 2.07 bits per heavy atom. The van der Waals surface area contributed by atoms with Gasteiger partial charge in [0.1, 0.15) is 5.76 Å². The molecule has 1 aliphatic carbocycles. The van der Waals surface area contributed by atoms with Crippen LogP contribution in [0.2, 0.25) is 0 Å². The summed E-state index contributed by atoms with van der Waals surface area (Å²) in [6.07, 6.45) is 8.07. The van der Waals surface area contributed by atoms with Gasteiger partial charge in [0.25, 0.3) is 0 Å². The van der Waals surface area contributed by atoms with Gasteiger partial charge in [0.2, 0.25) is 0 Å². The number of hydrogen-bond acceptors (Lipinski definition) is 2. The van der Waals surface area contributed by atoms with Crippen molar-refractivity contribution in [3.8, 4) is 0 Å². The van der Waals surface area contributed by atoms with Crippen molar-refractivity contribution in [2.75, 3.05) is 0 Å². The number of rotatable bonds is 2. The molecule has 0 atom stereocenters. The fourth-order valence-corrected chi connectivity index (χ4v) is 2.22. The molecule has 1 aromatic heterocycles. The fraction of sp³-hybridized carbons (Fsp3) is 0.750. The summed E-state index contributed by atoms with van der Waals surface area (Å²) in [5.41, 5.74) is 0. The zero-order valence-corrected chi connectivity index (χ0v) is 9.12. The van der Waals surface area contributed by atoms with Crippen molar-refractivity contribution < 1.29 is 4.42 Å². The van der Waals surface area contributed by atoms with Crippen LogP contribution in [-0.4, -0.2) is 4.98 Å². The summed E-state index contributed by atoms with van der Waals surface area (Å²) in [6.45, 7) is 4.42. The van der Waals surface area contributed by atoms with Crippen LogP contribution in [0.1, 0.15) is 57.1 Å². The zero-order valence-electron chi connectivity index (χ0n) is 9.12. The zero-order chi connectivity index (χ0) is 9.97. The molecule has 78 valence electrons. The minimum absolute atomic E-state index is 0.638. The SMILES string of the molecule is CCc1ncc(C2CCC(C)CC2)o1. The Morgan fingerprint density at radius 1 is 1.36 bits per heavy atom. The molecular formula is C12H19NO. The molecule has 0 saturated heterocycles. The normalized spacial score (nSPS) is 27.9. The lowest BCUT2D eigenvalue weighted by Crippen LogP contribution is -2.10. The molecule has 2 nitrogen and oxygen atoms in total. The molecule has 1 heterocycles. The first-order valence-corrected chi connectivity index (χ1v) is 5.74. The number of aromatic nitrogens is 1. The topological polar surface area (TPSA) is 26.0 Å². The van der Waals surface area contributed by atoms with Crippen molar-refractivity contribution in [2.24, 2.45) is 5.92 Å². The Bertz CT molecular complexity index is 284. The smallest absolute Gasteiger partial charge is 0.194 e. The lowest BCUT2D eigenvalue weighted by Gasteiger charge is -2.24.